The topological polar surface area (TPSA) is 60.0 Å². The van der Waals surface area contributed by atoms with E-state index in [2.05, 4.69) is 10.2 Å². The fourth-order valence-electron chi connectivity index (χ4n) is 1.89. The summed E-state index contributed by atoms with van der Waals surface area (Å²) in [4.78, 5) is 2.00. The van der Waals surface area contributed by atoms with Crippen molar-refractivity contribution in [1.82, 2.24) is 19.7 Å². The third kappa shape index (κ3) is 2.70. The van der Waals surface area contributed by atoms with Crippen LogP contribution in [0.15, 0.2) is 12.2 Å². The minimum absolute atomic E-state index is 0.258. The monoisotopic (exact) mass is 261 g/mol. The Labute approximate surface area is 102 Å². The van der Waals surface area contributed by atoms with Crippen LogP contribution in [0.1, 0.15) is 11.6 Å². The zero-order chi connectivity index (χ0) is 13.2. The van der Waals surface area contributed by atoms with Gasteiger partial charge in [-0.2, -0.15) is 13.2 Å². The van der Waals surface area contributed by atoms with Gasteiger partial charge in [-0.25, -0.2) is 0 Å². The van der Waals surface area contributed by atoms with Crippen LogP contribution in [0.25, 0.3) is 0 Å². The van der Waals surface area contributed by atoms with Crippen LogP contribution in [0.5, 0.6) is 0 Å². The molecule has 0 atom stereocenters. The van der Waals surface area contributed by atoms with E-state index in [1.807, 2.05) is 17.1 Å². The third-order valence-corrected chi connectivity index (χ3v) is 2.75. The molecular weight excluding hydrogens is 247 g/mol. The zero-order valence-electron chi connectivity index (χ0n) is 9.69. The Balaban J connectivity index is 2.08. The van der Waals surface area contributed by atoms with Gasteiger partial charge in [-0.15, -0.1) is 10.2 Å². The number of hydrogen-bond acceptors (Lipinski definition) is 4. The van der Waals surface area contributed by atoms with E-state index >= 15 is 0 Å². The lowest BCUT2D eigenvalue weighted by Crippen LogP contribution is -2.35. The van der Waals surface area contributed by atoms with Crippen LogP contribution in [0, 0.1) is 0 Å². The largest absolute Gasteiger partial charge is 0.451 e. The highest BCUT2D eigenvalue weighted by atomic mass is 19.4. The average Bonchev–Trinajstić information content (AvgIpc) is 2.72. The number of nitrogens with two attached hydrogens (primary N) is 1. The van der Waals surface area contributed by atoms with Gasteiger partial charge in [-0.05, 0) is 0 Å². The van der Waals surface area contributed by atoms with E-state index in [0.29, 0.717) is 32.0 Å². The summed E-state index contributed by atoms with van der Waals surface area (Å²) in [5.41, 5.74) is 5.32. The molecule has 0 fully saturated rings. The van der Waals surface area contributed by atoms with E-state index in [0.717, 1.165) is 4.57 Å². The number of aromatic nitrogens is 3. The lowest BCUT2D eigenvalue weighted by Gasteiger charge is -2.26. The number of halogens is 3. The molecular formula is C10H14F3N5. The molecule has 2 rings (SSSR count). The standard InChI is InChI=1S/C10H14F3N5/c11-10(12,13)9-16-15-8-7-17(4-2-1-3-14)5-6-18(8)9/h1-2H,3-7,14H2. The van der Waals surface area contributed by atoms with Crippen molar-refractivity contribution >= 4 is 0 Å². The maximum Gasteiger partial charge on any atom is 0.451 e. The van der Waals surface area contributed by atoms with Crippen molar-refractivity contribution in [3.05, 3.63) is 23.8 Å². The van der Waals surface area contributed by atoms with Crippen LogP contribution >= 0.6 is 0 Å². The first-order valence-electron chi connectivity index (χ1n) is 5.59. The van der Waals surface area contributed by atoms with Crippen LogP contribution in [0.3, 0.4) is 0 Å². The average molecular weight is 261 g/mol. The summed E-state index contributed by atoms with van der Waals surface area (Å²) in [5, 5.41) is 6.83. The first-order valence-corrected chi connectivity index (χ1v) is 5.59. The van der Waals surface area contributed by atoms with Crippen molar-refractivity contribution in [3.8, 4) is 0 Å². The molecule has 0 unspecified atom stereocenters. The van der Waals surface area contributed by atoms with Gasteiger partial charge in [-0.1, -0.05) is 12.2 Å². The first kappa shape index (κ1) is 13.0. The van der Waals surface area contributed by atoms with E-state index in [4.69, 9.17) is 5.73 Å². The van der Waals surface area contributed by atoms with Gasteiger partial charge in [0.2, 0.25) is 5.82 Å². The number of fused-ring (bicyclic) bond motifs is 1. The third-order valence-electron chi connectivity index (χ3n) is 2.75. The minimum Gasteiger partial charge on any atom is -0.327 e. The van der Waals surface area contributed by atoms with E-state index in [1.54, 1.807) is 0 Å². The van der Waals surface area contributed by atoms with E-state index < -0.39 is 12.0 Å². The molecule has 0 spiro atoms. The second-order valence-electron chi connectivity index (χ2n) is 4.03. The summed E-state index contributed by atoms with van der Waals surface area (Å²) in [6, 6.07) is 0. The van der Waals surface area contributed by atoms with Crippen molar-refractivity contribution in [1.29, 1.82) is 0 Å². The molecule has 18 heavy (non-hydrogen) atoms. The van der Waals surface area contributed by atoms with Crippen molar-refractivity contribution in [2.24, 2.45) is 5.73 Å². The molecule has 1 aliphatic heterocycles. The highest BCUT2D eigenvalue weighted by Gasteiger charge is 2.39. The van der Waals surface area contributed by atoms with Crippen LogP contribution in [-0.4, -0.2) is 39.3 Å². The quantitative estimate of drug-likeness (QED) is 0.811. The van der Waals surface area contributed by atoms with Gasteiger partial charge in [0.1, 0.15) is 5.82 Å². The van der Waals surface area contributed by atoms with Gasteiger partial charge in [0.05, 0.1) is 6.54 Å². The van der Waals surface area contributed by atoms with Crippen LogP contribution in [0.2, 0.25) is 0 Å². The van der Waals surface area contributed by atoms with E-state index in [-0.39, 0.29) is 6.54 Å². The molecule has 1 aromatic heterocycles. The molecule has 0 saturated heterocycles. The fourth-order valence-corrected chi connectivity index (χ4v) is 1.89. The highest BCUT2D eigenvalue weighted by molar-refractivity contribution is 5.02. The van der Waals surface area contributed by atoms with Gasteiger partial charge >= 0.3 is 6.18 Å². The Kier molecular flexibility index (Phi) is 3.67. The number of nitrogens with zero attached hydrogens (tertiary/aromatic N) is 4. The highest BCUT2D eigenvalue weighted by Crippen LogP contribution is 2.29. The fraction of sp³-hybridized carbons (Fsp3) is 0.600. The number of rotatable bonds is 3. The Hall–Kier alpha value is -1.41. The smallest absolute Gasteiger partial charge is 0.327 e. The first-order chi connectivity index (χ1) is 8.52. The SMILES string of the molecule is NCC=CCN1CCn2c(nnc2C(F)(F)F)C1. The second-order valence-corrected chi connectivity index (χ2v) is 4.03. The van der Waals surface area contributed by atoms with Crippen LogP contribution in [0.4, 0.5) is 13.2 Å². The molecule has 8 heteroatoms. The Morgan fingerprint density at radius 1 is 1.22 bits per heavy atom. The maximum atomic E-state index is 12.6. The summed E-state index contributed by atoms with van der Waals surface area (Å²) >= 11 is 0. The van der Waals surface area contributed by atoms with Gasteiger partial charge in [0, 0.05) is 26.2 Å². The predicted octanol–water partition coefficient (Wildman–Crippen LogP) is 0.627. The van der Waals surface area contributed by atoms with Crippen molar-refractivity contribution in [3.63, 3.8) is 0 Å². The molecule has 0 radical (unpaired) electrons. The molecule has 0 aliphatic carbocycles. The second kappa shape index (κ2) is 5.07. The predicted molar refractivity (Wildman–Crippen MR) is 58.5 cm³/mol. The molecule has 1 aromatic rings. The van der Waals surface area contributed by atoms with Crippen molar-refractivity contribution in [2.45, 2.75) is 19.3 Å². The molecule has 5 nitrogen and oxygen atoms in total. The molecule has 0 aromatic carbocycles. The summed E-state index contributed by atoms with van der Waals surface area (Å²) in [6.45, 7) is 2.29. The van der Waals surface area contributed by atoms with E-state index in [1.165, 1.54) is 0 Å². The Bertz CT molecular complexity index is 437. The molecule has 1 aliphatic rings. The maximum absolute atomic E-state index is 12.6. The van der Waals surface area contributed by atoms with Gasteiger partial charge in [0.25, 0.3) is 0 Å². The summed E-state index contributed by atoms with van der Waals surface area (Å²) in [7, 11) is 0. The number of alkyl halides is 3. The van der Waals surface area contributed by atoms with Crippen LogP contribution < -0.4 is 5.73 Å². The van der Waals surface area contributed by atoms with Gasteiger partial charge < -0.3 is 10.3 Å². The molecule has 100 valence electrons. The Morgan fingerprint density at radius 3 is 2.67 bits per heavy atom. The minimum atomic E-state index is -4.44. The van der Waals surface area contributed by atoms with Crippen molar-refractivity contribution < 1.29 is 13.2 Å². The normalized spacial score (nSPS) is 17.3. The summed E-state index contributed by atoms with van der Waals surface area (Å²) in [6.07, 6.45) is -0.718. The summed E-state index contributed by atoms with van der Waals surface area (Å²) < 4.78 is 38.9. The van der Waals surface area contributed by atoms with Gasteiger partial charge in [-0.3, -0.25) is 4.90 Å². The molecule has 0 bridgehead atoms. The summed E-state index contributed by atoms with van der Waals surface area (Å²) in [5.74, 6) is -0.552. The van der Waals surface area contributed by atoms with Crippen LogP contribution in [-0.2, 0) is 19.3 Å². The lowest BCUT2D eigenvalue weighted by atomic mass is 10.3. The van der Waals surface area contributed by atoms with Crippen molar-refractivity contribution in [2.75, 3.05) is 19.6 Å². The molecule has 0 saturated carbocycles. The molecule has 2 heterocycles. The zero-order valence-corrected chi connectivity index (χ0v) is 9.69. The number of hydrogen-bond donors (Lipinski definition) is 1. The lowest BCUT2D eigenvalue weighted by molar-refractivity contribution is -0.148. The van der Waals surface area contributed by atoms with Gasteiger partial charge in [0.15, 0.2) is 0 Å². The Morgan fingerprint density at radius 2 is 2.00 bits per heavy atom. The molecule has 0 amide bonds. The van der Waals surface area contributed by atoms with E-state index in [9.17, 15) is 13.2 Å². The molecule has 2 N–H and O–H groups in total.